The molecule has 104 valence electrons. The highest BCUT2D eigenvalue weighted by atomic mass is 35.5. The van der Waals surface area contributed by atoms with Crippen LogP contribution in [0.2, 0.25) is 10.0 Å². The van der Waals surface area contributed by atoms with Crippen molar-refractivity contribution in [1.82, 2.24) is 4.98 Å². The molecule has 0 spiro atoms. The zero-order valence-electron chi connectivity index (χ0n) is 10.6. The predicted molar refractivity (Wildman–Crippen MR) is 81.2 cm³/mol. The number of carbonyl (C=O) groups is 1. The molecule has 0 radical (unpaired) electrons. The summed E-state index contributed by atoms with van der Waals surface area (Å²) in [5.74, 6) is 5.03. The number of anilines is 2. The van der Waals surface area contributed by atoms with Gasteiger partial charge in [-0.05, 0) is 31.2 Å². The number of carbonyl (C=O) groups excluding carboxylic acids is 1. The zero-order chi connectivity index (χ0) is 14.7. The number of nitrogen functional groups attached to an aromatic ring is 1. The lowest BCUT2D eigenvalue weighted by Crippen LogP contribution is -2.18. The molecule has 0 saturated heterocycles. The third kappa shape index (κ3) is 3.19. The van der Waals surface area contributed by atoms with Gasteiger partial charge in [-0.3, -0.25) is 15.6 Å². The summed E-state index contributed by atoms with van der Waals surface area (Å²) >= 11 is 11.8. The molecule has 4 N–H and O–H groups in total. The summed E-state index contributed by atoms with van der Waals surface area (Å²) in [6, 6.07) is 6.49. The van der Waals surface area contributed by atoms with Gasteiger partial charge in [0.1, 0.15) is 0 Å². The van der Waals surface area contributed by atoms with Crippen LogP contribution in [0.25, 0.3) is 0 Å². The average molecular weight is 311 g/mol. The van der Waals surface area contributed by atoms with Crippen molar-refractivity contribution in [3.63, 3.8) is 0 Å². The SMILES string of the molecule is Cc1cc(NN)c(C(=O)Nc2ccc(Cl)cc2Cl)cn1. The smallest absolute Gasteiger partial charge is 0.259 e. The Bertz CT molecular complexity index is 661. The van der Waals surface area contributed by atoms with E-state index in [2.05, 4.69) is 15.7 Å². The van der Waals surface area contributed by atoms with E-state index in [0.29, 0.717) is 27.0 Å². The maximum absolute atomic E-state index is 12.2. The number of rotatable bonds is 3. The number of nitrogens with zero attached hydrogens (tertiary/aromatic N) is 1. The van der Waals surface area contributed by atoms with E-state index < -0.39 is 0 Å². The van der Waals surface area contributed by atoms with Crippen molar-refractivity contribution in [3.8, 4) is 0 Å². The van der Waals surface area contributed by atoms with Crippen molar-refractivity contribution < 1.29 is 4.79 Å². The zero-order valence-corrected chi connectivity index (χ0v) is 12.1. The van der Waals surface area contributed by atoms with Gasteiger partial charge in [0.2, 0.25) is 0 Å². The first-order valence-corrected chi connectivity index (χ1v) is 6.46. The van der Waals surface area contributed by atoms with E-state index in [1.165, 1.54) is 6.20 Å². The van der Waals surface area contributed by atoms with Gasteiger partial charge in [-0.25, -0.2) is 0 Å². The quantitative estimate of drug-likeness (QED) is 0.600. The normalized spacial score (nSPS) is 10.2. The molecule has 7 heteroatoms. The molecule has 1 heterocycles. The van der Waals surface area contributed by atoms with Gasteiger partial charge in [0, 0.05) is 16.9 Å². The van der Waals surface area contributed by atoms with E-state index >= 15 is 0 Å². The Kier molecular flexibility index (Phi) is 4.44. The van der Waals surface area contributed by atoms with Crippen LogP contribution < -0.4 is 16.6 Å². The molecule has 1 aromatic carbocycles. The molecule has 5 nitrogen and oxygen atoms in total. The molecule has 20 heavy (non-hydrogen) atoms. The number of aromatic nitrogens is 1. The largest absolute Gasteiger partial charge is 0.323 e. The van der Waals surface area contributed by atoms with Crippen LogP contribution in [0.15, 0.2) is 30.5 Å². The molecular formula is C13H12Cl2N4O. The molecule has 1 amide bonds. The van der Waals surface area contributed by atoms with Crippen LogP contribution in [0, 0.1) is 6.92 Å². The highest BCUT2D eigenvalue weighted by molar-refractivity contribution is 6.36. The maximum Gasteiger partial charge on any atom is 0.259 e. The summed E-state index contributed by atoms with van der Waals surface area (Å²) in [6.45, 7) is 1.80. The van der Waals surface area contributed by atoms with Crippen LogP contribution in [0.4, 0.5) is 11.4 Å². The molecule has 0 saturated carbocycles. The Labute approximate surface area is 126 Å². The summed E-state index contributed by atoms with van der Waals surface area (Å²) in [6.07, 6.45) is 1.45. The Morgan fingerprint density at radius 1 is 1.25 bits per heavy atom. The number of halogens is 2. The monoisotopic (exact) mass is 310 g/mol. The van der Waals surface area contributed by atoms with Gasteiger partial charge in [0.25, 0.3) is 5.91 Å². The standard InChI is InChI=1S/C13H12Cl2N4O/c1-7-4-12(19-16)9(6-17-7)13(20)18-11-3-2-8(14)5-10(11)15/h2-6H,16H2,1H3,(H,17,19)(H,18,20). The number of hydrogen-bond acceptors (Lipinski definition) is 4. The molecule has 0 aliphatic heterocycles. The van der Waals surface area contributed by atoms with Crippen LogP contribution in [0.5, 0.6) is 0 Å². The molecule has 0 atom stereocenters. The summed E-state index contributed by atoms with van der Waals surface area (Å²) in [7, 11) is 0. The Hall–Kier alpha value is -1.82. The Morgan fingerprint density at radius 2 is 2.00 bits per heavy atom. The third-order valence-electron chi connectivity index (χ3n) is 2.62. The van der Waals surface area contributed by atoms with Crippen molar-refractivity contribution >= 4 is 40.5 Å². The summed E-state index contributed by atoms with van der Waals surface area (Å²) < 4.78 is 0. The van der Waals surface area contributed by atoms with E-state index in [-0.39, 0.29) is 5.91 Å². The van der Waals surface area contributed by atoms with Gasteiger partial charge >= 0.3 is 0 Å². The highest BCUT2D eigenvalue weighted by Crippen LogP contribution is 2.26. The lowest BCUT2D eigenvalue weighted by atomic mass is 10.2. The summed E-state index contributed by atoms with van der Waals surface area (Å²) in [5, 5.41) is 3.53. The maximum atomic E-state index is 12.2. The summed E-state index contributed by atoms with van der Waals surface area (Å²) in [5.41, 5.74) is 4.49. The van der Waals surface area contributed by atoms with Crippen LogP contribution in [-0.2, 0) is 0 Å². The Balaban J connectivity index is 2.28. The molecule has 2 aromatic rings. The minimum Gasteiger partial charge on any atom is -0.323 e. The predicted octanol–water partition coefficient (Wildman–Crippen LogP) is 3.23. The van der Waals surface area contributed by atoms with Gasteiger partial charge in [-0.1, -0.05) is 23.2 Å². The molecule has 0 unspecified atom stereocenters. The Morgan fingerprint density at radius 3 is 2.65 bits per heavy atom. The van der Waals surface area contributed by atoms with E-state index in [9.17, 15) is 4.79 Å². The second kappa shape index (κ2) is 6.09. The average Bonchev–Trinajstić information content (AvgIpc) is 2.41. The van der Waals surface area contributed by atoms with Crippen molar-refractivity contribution in [1.29, 1.82) is 0 Å². The van der Waals surface area contributed by atoms with Crippen molar-refractivity contribution in [2.75, 3.05) is 10.7 Å². The molecule has 0 aliphatic rings. The van der Waals surface area contributed by atoms with E-state index in [4.69, 9.17) is 29.0 Å². The number of nitrogens with one attached hydrogen (secondary N) is 2. The number of aryl methyl sites for hydroxylation is 1. The molecule has 2 rings (SSSR count). The van der Waals surface area contributed by atoms with Crippen LogP contribution in [-0.4, -0.2) is 10.9 Å². The fraction of sp³-hybridized carbons (Fsp3) is 0.0769. The third-order valence-corrected chi connectivity index (χ3v) is 3.17. The van der Waals surface area contributed by atoms with Crippen molar-refractivity contribution in [3.05, 3.63) is 51.8 Å². The van der Waals surface area contributed by atoms with Gasteiger partial charge in [-0.2, -0.15) is 0 Å². The molecule has 0 fully saturated rings. The number of hydrogen-bond donors (Lipinski definition) is 3. The van der Waals surface area contributed by atoms with Crippen LogP contribution in [0.3, 0.4) is 0 Å². The molecule has 0 bridgehead atoms. The van der Waals surface area contributed by atoms with Crippen LogP contribution >= 0.6 is 23.2 Å². The lowest BCUT2D eigenvalue weighted by molar-refractivity contribution is 0.102. The van der Waals surface area contributed by atoms with E-state index in [0.717, 1.165) is 5.69 Å². The fourth-order valence-corrected chi connectivity index (χ4v) is 2.10. The van der Waals surface area contributed by atoms with Crippen molar-refractivity contribution in [2.45, 2.75) is 6.92 Å². The van der Waals surface area contributed by atoms with Gasteiger partial charge in [0.05, 0.1) is 22.0 Å². The number of hydrazine groups is 1. The van der Waals surface area contributed by atoms with Crippen molar-refractivity contribution in [2.24, 2.45) is 5.84 Å². The first kappa shape index (κ1) is 14.6. The van der Waals surface area contributed by atoms with E-state index in [1.807, 2.05) is 0 Å². The first-order valence-electron chi connectivity index (χ1n) is 5.71. The number of nitrogens with two attached hydrogens (primary N) is 1. The number of benzene rings is 1. The fourth-order valence-electron chi connectivity index (χ4n) is 1.64. The molecule has 1 aromatic heterocycles. The number of amides is 1. The second-order valence-corrected chi connectivity index (χ2v) is 4.94. The van der Waals surface area contributed by atoms with Crippen LogP contribution in [0.1, 0.15) is 16.1 Å². The lowest BCUT2D eigenvalue weighted by Gasteiger charge is -2.11. The topological polar surface area (TPSA) is 80.0 Å². The molecule has 0 aliphatic carbocycles. The second-order valence-electron chi connectivity index (χ2n) is 4.09. The van der Waals surface area contributed by atoms with E-state index in [1.54, 1.807) is 31.2 Å². The van der Waals surface area contributed by atoms with Gasteiger partial charge in [-0.15, -0.1) is 0 Å². The highest BCUT2D eigenvalue weighted by Gasteiger charge is 2.13. The number of pyridine rings is 1. The van der Waals surface area contributed by atoms with Gasteiger partial charge < -0.3 is 10.7 Å². The first-order chi connectivity index (χ1) is 9.51. The minimum atomic E-state index is -0.366. The molecular weight excluding hydrogens is 299 g/mol. The minimum absolute atomic E-state index is 0.323. The summed E-state index contributed by atoms with van der Waals surface area (Å²) in [4.78, 5) is 16.3. The van der Waals surface area contributed by atoms with Gasteiger partial charge in [0.15, 0.2) is 0 Å².